The Kier molecular flexibility index (Phi) is 2.39. The number of hydrogen-bond donors (Lipinski definition) is 1. The van der Waals surface area contributed by atoms with E-state index in [-0.39, 0.29) is 18.0 Å². The van der Waals surface area contributed by atoms with Crippen molar-refractivity contribution in [1.82, 2.24) is 25.0 Å². The van der Waals surface area contributed by atoms with E-state index in [1.54, 1.807) is 0 Å². The Hall–Kier alpha value is -1.86. The highest BCUT2D eigenvalue weighted by Gasteiger charge is 2.44. The second kappa shape index (κ2) is 3.82. The van der Waals surface area contributed by atoms with Gasteiger partial charge in [0.1, 0.15) is 6.04 Å². The van der Waals surface area contributed by atoms with Crippen LogP contribution in [0.5, 0.6) is 0 Å². The highest BCUT2D eigenvalue weighted by molar-refractivity contribution is 5.69. The molecule has 1 aliphatic rings. The minimum atomic E-state index is -2.78. The molecule has 0 aliphatic heterocycles. The lowest BCUT2D eigenvalue weighted by Gasteiger charge is -2.30. The van der Waals surface area contributed by atoms with Crippen molar-refractivity contribution in [2.24, 2.45) is 0 Å². The number of hydrogen-bond acceptors (Lipinski definition) is 5. The zero-order chi connectivity index (χ0) is 12.8. The molecule has 2 aromatic rings. The molecule has 2 aromatic heterocycles. The highest BCUT2D eigenvalue weighted by Crippen LogP contribution is 2.41. The van der Waals surface area contributed by atoms with Gasteiger partial charge in [-0.25, -0.2) is 18.4 Å². The quantitative estimate of drug-likeness (QED) is 0.834. The molecule has 0 spiro atoms. The maximum absolute atomic E-state index is 13.9. The van der Waals surface area contributed by atoms with E-state index in [0.717, 1.165) is 6.42 Å². The molecule has 6 nitrogen and oxygen atoms in total. The van der Waals surface area contributed by atoms with Gasteiger partial charge in [-0.2, -0.15) is 4.98 Å². The van der Waals surface area contributed by atoms with E-state index in [0.29, 0.717) is 18.4 Å². The summed E-state index contributed by atoms with van der Waals surface area (Å²) in [4.78, 5) is 7.71. The van der Waals surface area contributed by atoms with Crippen LogP contribution in [0, 0.1) is 0 Å². The molecule has 0 radical (unpaired) electrons. The first-order valence-corrected chi connectivity index (χ1v) is 5.79. The van der Waals surface area contributed by atoms with Gasteiger partial charge in [0, 0.05) is 6.42 Å². The first-order valence-electron chi connectivity index (χ1n) is 5.79. The first kappa shape index (κ1) is 11.2. The van der Waals surface area contributed by atoms with E-state index in [2.05, 4.69) is 20.3 Å². The van der Waals surface area contributed by atoms with Gasteiger partial charge < -0.3 is 5.73 Å². The molecule has 2 N–H and O–H groups in total. The molecule has 0 saturated heterocycles. The lowest BCUT2D eigenvalue weighted by Crippen LogP contribution is -2.34. The van der Waals surface area contributed by atoms with Crippen LogP contribution < -0.4 is 5.73 Å². The van der Waals surface area contributed by atoms with Gasteiger partial charge in [-0.05, 0) is 12.8 Å². The number of aromatic nitrogens is 5. The Labute approximate surface area is 101 Å². The Bertz CT molecular complexity index is 581. The molecule has 1 aliphatic carbocycles. The number of nitrogen functional groups attached to an aromatic ring is 1. The van der Waals surface area contributed by atoms with E-state index in [1.807, 2.05) is 0 Å². The molecule has 96 valence electrons. The fourth-order valence-corrected chi connectivity index (χ4v) is 2.34. The minimum Gasteiger partial charge on any atom is -0.368 e. The number of fused-ring (bicyclic) bond motifs is 1. The van der Waals surface area contributed by atoms with E-state index in [4.69, 9.17) is 5.73 Å². The van der Waals surface area contributed by atoms with Gasteiger partial charge >= 0.3 is 0 Å². The summed E-state index contributed by atoms with van der Waals surface area (Å²) in [5, 5.41) is 7.58. The number of alkyl halides is 2. The summed E-state index contributed by atoms with van der Waals surface area (Å²) >= 11 is 0. The Morgan fingerprint density at radius 3 is 3.00 bits per heavy atom. The van der Waals surface area contributed by atoms with Gasteiger partial charge in [0.2, 0.25) is 5.95 Å². The lowest BCUT2D eigenvalue weighted by atomic mass is 9.92. The molecular formula is C10H12F2N6. The molecule has 1 saturated carbocycles. The van der Waals surface area contributed by atoms with Crippen molar-refractivity contribution in [3.63, 3.8) is 0 Å². The molecule has 0 aromatic carbocycles. The zero-order valence-electron chi connectivity index (χ0n) is 9.55. The van der Waals surface area contributed by atoms with Crippen molar-refractivity contribution < 1.29 is 8.78 Å². The van der Waals surface area contributed by atoms with Crippen LogP contribution in [0.2, 0.25) is 0 Å². The summed E-state index contributed by atoms with van der Waals surface area (Å²) in [6, 6.07) is -0.995. The normalized spacial score (nSPS) is 23.3. The summed E-state index contributed by atoms with van der Waals surface area (Å²) in [7, 11) is 0. The zero-order valence-corrected chi connectivity index (χ0v) is 9.55. The fraction of sp³-hybridized carbons (Fsp3) is 0.600. The smallest absolute Gasteiger partial charge is 0.270 e. The number of nitrogens with two attached hydrogens (primary N) is 1. The van der Waals surface area contributed by atoms with E-state index in [9.17, 15) is 8.78 Å². The number of nitrogens with zero attached hydrogens (tertiary/aromatic N) is 5. The SMILES string of the molecule is Nc1ncc2nnn(C3CCCCC3(F)F)c2n1. The first-order chi connectivity index (χ1) is 8.58. The maximum atomic E-state index is 13.9. The monoisotopic (exact) mass is 254 g/mol. The molecule has 0 bridgehead atoms. The predicted octanol–water partition coefficient (Wildman–Crippen LogP) is 1.55. The van der Waals surface area contributed by atoms with E-state index < -0.39 is 12.0 Å². The third-order valence-electron chi connectivity index (χ3n) is 3.25. The summed E-state index contributed by atoms with van der Waals surface area (Å²) in [6.45, 7) is 0. The summed E-state index contributed by atoms with van der Waals surface area (Å²) in [5.74, 6) is -2.75. The molecule has 2 heterocycles. The number of rotatable bonds is 1. The van der Waals surface area contributed by atoms with Crippen molar-refractivity contribution in [3.05, 3.63) is 6.20 Å². The van der Waals surface area contributed by atoms with Crippen molar-refractivity contribution >= 4 is 17.1 Å². The van der Waals surface area contributed by atoms with Crippen molar-refractivity contribution in [1.29, 1.82) is 0 Å². The fourth-order valence-electron chi connectivity index (χ4n) is 2.34. The third-order valence-corrected chi connectivity index (χ3v) is 3.25. The summed E-state index contributed by atoms with van der Waals surface area (Å²) in [6.07, 6.45) is 2.92. The second-order valence-electron chi connectivity index (χ2n) is 4.49. The standard InChI is InChI=1S/C10H12F2N6/c11-10(12)4-2-1-3-7(10)18-8-6(16-17-18)5-14-9(13)15-8/h5,7H,1-4H2,(H2,13,14,15). The predicted molar refractivity (Wildman–Crippen MR) is 60.0 cm³/mol. The van der Waals surface area contributed by atoms with Crippen molar-refractivity contribution in [2.75, 3.05) is 5.73 Å². The van der Waals surface area contributed by atoms with Crippen molar-refractivity contribution in [3.8, 4) is 0 Å². The van der Waals surface area contributed by atoms with Gasteiger partial charge in [-0.15, -0.1) is 5.10 Å². The minimum absolute atomic E-state index is 0.0326. The number of anilines is 1. The Morgan fingerprint density at radius 1 is 1.39 bits per heavy atom. The van der Waals surface area contributed by atoms with Crippen molar-refractivity contribution in [2.45, 2.75) is 37.6 Å². The van der Waals surface area contributed by atoms with Crippen LogP contribution in [-0.4, -0.2) is 30.9 Å². The largest absolute Gasteiger partial charge is 0.368 e. The van der Waals surface area contributed by atoms with Gasteiger partial charge in [-0.1, -0.05) is 11.6 Å². The van der Waals surface area contributed by atoms with Crippen LogP contribution in [0.25, 0.3) is 11.2 Å². The van der Waals surface area contributed by atoms with Crippen LogP contribution in [0.1, 0.15) is 31.7 Å². The van der Waals surface area contributed by atoms with Crippen LogP contribution >= 0.6 is 0 Å². The molecule has 1 fully saturated rings. The van der Waals surface area contributed by atoms with Gasteiger partial charge in [-0.3, -0.25) is 0 Å². The maximum Gasteiger partial charge on any atom is 0.270 e. The van der Waals surface area contributed by atoms with E-state index in [1.165, 1.54) is 10.9 Å². The second-order valence-corrected chi connectivity index (χ2v) is 4.49. The molecular weight excluding hydrogens is 242 g/mol. The topological polar surface area (TPSA) is 82.5 Å². The van der Waals surface area contributed by atoms with Gasteiger partial charge in [0.15, 0.2) is 11.2 Å². The Balaban J connectivity index is 2.10. The van der Waals surface area contributed by atoms with Crippen LogP contribution in [0.4, 0.5) is 14.7 Å². The van der Waals surface area contributed by atoms with Crippen LogP contribution in [0.15, 0.2) is 6.20 Å². The Morgan fingerprint density at radius 2 is 2.22 bits per heavy atom. The third kappa shape index (κ3) is 1.68. The number of halogens is 2. The molecule has 8 heteroatoms. The van der Waals surface area contributed by atoms with Crippen LogP contribution in [0.3, 0.4) is 0 Å². The average Bonchev–Trinajstić information content (AvgIpc) is 2.71. The summed E-state index contributed by atoms with van der Waals surface area (Å²) in [5.41, 5.74) is 6.12. The van der Waals surface area contributed by atoms with Gasteiger partial charge in [0.25, 0.3) is 5.92 Å². The average molecular weight is 254 g/mol. The van der Waals surface area contributed by atoms with Gasteiger partial charge in [0.05, 0.1) is 6.20 Å². The molecule has 3 rings (SSSR count). The molecule has 0 amide bonds. The molecule has 1 unspecified atom stereocenters. The lowest BCUT2D eigenvalue weighted by molar-refractivity contribution is -0.0811. The highest BCUT2D eigenvalue weighted by atomic mass is 19.3. The molecule has 18 heavy (non-hydrogen) atoms. The molecule has 1 atom stereocenters. The van der Waals surface area contributed by atoms with E-state index >= 15 is 0 Å². The van der Waals surface area contributed by atoms with Crippen LogP contribution in [-0.2, 0) is 0 Å². The summed E-state index contributed by atoms with van der Waals surface area (Å²) < 4.78 is 29.0.